The fraction of sp³-hybridized carbons (Fsp3) is 0.273. The number of rotatable bonds is 6. The van der Waals surface area contributed by atoms with Crippen molar-refractivity contribution in [1.29, 1.82) is 0 Å². The molecule has 0 fully saturated rings. The first-order valence-corrected chi connectivity index (χ1v) is 5.62. The van der Waals surface area contributed by atoms with Crippen molar-refractivity contribution in [1.82, 2.24) is 5.32 Å². The molecule has 2 amide bonds. The molecular formula is C11H14N4O5. The largest absolute Gasteiger partial charge is 0.448 e. The molecule has 1 rings (SSSR count). The molecule has 1 aromatic rings. The zero-order valence-electron chi connectivity index (χ0n) is 10.7. The second kappa shape index (κ2) is 6.92. The van der Waals surface area contributed by atoms with E-state index < -0.39 is 16.9 Å². The molecule has 20 heavy (non-hydrogen) atoms. The number of nitro benzene ring substituents is 1. The zero-order valence-corrected chi connectivity index (χ0v) is 10.7. The van der Waals surface area contributed by atoms with Crippen LogP contribution in [0.1, 0.15) is 10.4 Å². The molecule has 9 nitrogen and oxygen atoms in total. The molecule has 0 aliphatic heterocycles. The number of benzene rings is 1. The molecule has 0 bridgehead atoms. The second-order valence-electron chi connectivity index (χ2n) is 3.66. The first kappa shape index (κ1) is 15.2. The van der Waals surface area contributed by atoms with Crippen LogP contribution in [0.5, 0.6) is 0 Å². The number of hydrogen-bond donors (Lipinski definition) is 3. The Morgan fingerprint density at radius 1 is 1.45 bits per heavy atom. The van der Waals surface area contributed by atoms with E-state index in [1.54, 1.807) is 0 Å². The molecule has 0 aliphatic carbocycles. The van der Waals surface area contributed by atoms with Crippen LogP contribution >= 0.6 is 0 Å². The number of hydrogen-bond acceptors (Lipinski definition) is 6. The lowest BCUT2D eigenvalue weighted by atomic mass is 10.1. The predicted molar refractivity (Wildman–Crippen MR) is 70.5 cm³/mol. The average molecular weight is 282 g/mol. The molecule has 0 aromatic heterocycles. The summed E-state index contributed by atoms with van der Waals surface area (Å²) < 4.78 is 4.49. The maximum Gasteiger partial charge on any atom is 0.404 e. The minimum atomic E-state index is -0.920. The van der Waals surface area contributed by atoms with Crippen LogP contribution < -0.4 is 16.4 Å². The van der Waals surface area contributed by atoms with Crippen molar-refractivity contribution in [2.75, 3.05) is 25.5 Å². The van der Waals surface area contributed by atoms with Crippen molar-refractivity contribution in [3.8, 4) is 0 Å². The number of ether oxygens (including phenoxy) is 1. The SMILES string of the molecule is CNC(=O)c1ccc(NCCOC(N)=O)c([N+](=O)[O-])c1. The maximum absolute atomic E-state index is 11.4. The predicted octanol–water partition coefficient (Wildman–Crippen LogP) is 0.462. The first-order valence-electron chi connectivity index (χ1n) is 5.62. The molecule has 0 saturated carbocycles. The second-order valence-corrected chi connectivity index (χ2v) is 3.66. The van der Waals surface area contributed by atoms with Gasteiger partial charge in [0, 0.05) is 25.2 Å². The highest BCUT2D eigenvalue weighted by Gasteiger charge is 2.16. The standard InChI is InChI=1S/C11H14N4O5/c1-13-10(16)7-2-3-8(9(6-7)15(18)19)14-4-5-20-11(12)17/h2-3,6,14H,4-5H2,1H3,(H2,12,17)(H,13,16). The number of nitrogens with one attached hydrogen (secondary N) is 2. The number of nitro groups is 1. The van der Waals surface area contributed by atoms with Crippen molar-refractivity contribution in [3.63, 3.8) is 0 Å². The van der Waals surface area contributed by atoms with E-state index in [1.807, 2.05) is 0 Å². The summed E-state index contributed by atoms with van der Waals surface area (Å²) >= 11 is 0. The molecule has 0 radical (unpaired) electrons. The van der Waals surface area contributed by atoms with Crippen molar-refractivity contribution in [2.24, 2.45) is 5.73 Å². The van der Waals surface area contributed by atoms with E-state index in [2.05, 4.69) is 15.4 Å². The molecule has 9 heteroatoms. The Morgan fingerprint density at radius 2 is 2.15 bits per heavy atom. The van der Waals surface area contributed by atoms with E-state index in [9.17, 15) is 19.7 Å². The third kappa shape index (κ3) is 4.12. The summed E-state index contributed by atoms with van der Waals surface area (Å²) in [6.45, 7) is 0.132. The van der Waals surface area contributed by atoms with Gasteiger partial charge in [-0.05, 0) is 12.1 Å². The van der Waals surface area contributed by atoms with E-state index in [-0.39, 0.29) is 30.1 Å². The number of carbonyl (C=O) groups is 2. The van der Waals surface area contributed by atoms with Crippen LogP contribution in [0.25, 0.3) is 0 Å². The lowest BCUT2D eigenvalue weighted by Gasteiger charge is -2.08. The van der Waals surface area contributed by atoms with Gasteiger partial charge in [0.2, 0.25) is 0 Å². The molecule has 4 N–H and O–H groups in total. The molecule has 0 unspecified atom stereocenters. The van der Waals surface area contributed by atoms with E-state index >= 15 is 0 Å². The van der Waals surface area contributed by atoms with Gasteiger partial charge in [-0.15, -0.1) is 0 Å². The first-order chi connectivity index (χ1) is 9.45. The Morgan fingerprint density at radius 3 is 2.70 bits per heavy atom. The normalized spacial score (nSPS) is 9.65. The van der Waals surface area contributed by atoms with E-state index in [0.29, 0.717) is 0 Å². The number of amides is 2. The summed E-state index contributed by atoms with van der Waals surface area (Å²) in [5, 5.41) is 16.1. The molecule has 0 spiro atoms. The molecule has 0 saturated heterocycles. The van der Waals surface area contributed by atoms with Crippen LogP contribution in [0.2, 0.25) is 0 Å². The maximum atomic E-state index is 11.4. The van der Waals surface area contributed by atoms with Gasteiger partial charge in [-0.1, -0.05) is 0 Å². The van der Waals surface area contributed by atoms with Crippen LogP contribution in [0.15, 0.2) is 18.2 Å². The van der Waals surface area contributed by atoms with Crippen molar-refractivity contribution < 1.29 is 19.2 Å². The summed E-state index contributed by atoms with van der Waals surface area (Å²) in [6.07, 6.45) is -0.920. The molecule has 0 atom stereocenters. The number of nitrogens with two attached hydrogens (primary N) is 1. The minimum absolute atomic E-state index is 0.0241. The monoisotopic (exact) mass is 282 g/mol. The highest BCUT2D eigenvalue weighted by molar-refractivity contribution is 5.95. The van der Waals surface area contributed by atoms with Gasteiger partial charge in [-0.25, -0.2) is 4.79 Å². The summed E-state index contributed by atoms with van der Waals surface area (Å²) in [7, 11) is 1.43. The van der Waals surface area contributed by atoms with Gasteiger partial charge >= 0.3 is 6.09 Å². The van der Waals surface area contributed by atoms with Crippen LogP contribution in [-0.4, -0.2) is 37.1 Å². The molecular weight excluding hydrogens is 268 g/mol. The van der Waals surface area contributed by atoms with Crippen molar-refractivity contribution in [3.05, 3.63) is 33.9 Å². The Hall–Kier alpha value is -2.84. The molecule has 0 heterocycles. The highest BCUT2D eigenvalue weighted by atomic mass is 16.6. The van der Waals surface area contributed by atoms with Gasteiger partial charge < -0.3 is 21.1 Å². The fourth-order valence-corrected chi connectivity index (χ4v) is 1.46. The summed E-state index contributed by atoms with van der Waals surface area (Å²) in [4.78, 5) is 32.1. The van der Waals surface area contributed by atoms with Crippen LogP contribution in [0.4, 0.5) is 16.2 Å². The highest BCUT2D eigenvalue weighted by Crippen LogP contribution is 2.25. The fourth-order valence-electron chi connectivity index (χ4n) is 1.46. The molecule has 108 valence electrons. The Balaban J connectivity index is 2.82. The van der Waals surface area contributed by atoms with E-state index in [0.717, 1.165) is 6.07 Å². The smallest absolute Gasteiger partial charge is 0.404 e. The topological polar surface area (TPSA) is 137 Å². The number of nitrogens with zero attached hydrogens (tertiary/aromatic N) is 1. The Kier molecular flexibility index (Phi) is 5.27. The number of carbonyl (C=O) groups excluding carboxylic acids is 2. The minimum Gasteiger partial charge on any atom is -0.448 e. The van der Waals surface area contributed by atoms with Gasteiger partial charge in [-0.3, -0.25) is 14.9 Å². The quantitative estimate of drug-likeness (QED) is 0.394. The van der Waals surface area contributed by atoms with Gasteiger partial charge in [-0.2, -0.15) is 0 Å². The van der Waals surface area contributed by atoms with E-state index in [4.69, 9.17) is 5.73 Å². The summed E-state index contributed by atoms with van der Waals surface area (Å²) in [5.41, 5.74) is 4.93. The van der Waals surface area contributed by atoms with Crippen LogP contribution in [-0.2, 0) is 4.74 Å². The van der Waals surface area contributed by atoms with Gasteiger partial charge in [0.15, 0.2) is 0 Å². The van der Waals surface area contributed by atoms with E-state index in [1.165, 1.54) is 19.2 Å². The molecule has 0 aliphatic rings. The third-order valence-corrected chi connectivity index (χ3v) is 2.35. The summed E-state index contributed by atoms with van der Waals surface area (Å²) in [5.74, 6) is -0.420. The Bertz CT molecular complexity index is 532. The van der Waals surface area contributed by atoms with Crippen LogP contribution in [0, 0.1) is 10.1 Å². The zero-order chi connectivity index (χ0) is 15.1. The van der Waals surface area contributed by atoms with Gasteiger partial charge in [0.1, 0.15) is 12.3 Å². The average Bonchev–Trinajstić information content (AvgIpc) is 2.42. The van der Waals surface area contributed by atoms with Gasteiger partial charge in [0.25, 0.3) is 11.6 Å². The number of anilines is 1. The van der Waals surface area contributed by atoms with Gasteiger partial charge in [0.05, 0.1) is 4.92 Å². The third-order valence-electron chi connectivity index (χ3n) is 2.35. The lowest BCUT2D eigenvalue weighted by Crippen LogP contribution is -2.19. The molecule has 1 aromatic carbocycles. The van der Waals surface area contributed by atoms with Crippen LogP contribution in [0.3, 0.4) is 0 Å². The van der Waals surface area contributed by atoms with Crippen molar-refractivity contribution >= 4 is 23.4 Å². The number of primary amides is 1. The Labute approximate surface area is 114 Å². The summed E-state index contributed by atoms with van der Waals surface area (Å²) in [6, 6.07) is 4.02. The van der Waals surface area contributed by atoms with Crippen molar-refractivity contribution in [2.45, 2.75) is 0 Å². The lowest BCUT2D eigenvalue weighted by molar-refractivity contribution is -0.384.